The van der Waals surface area contributed by atoms with Gasteiger partial charge in [-0.15, -0.1) is 11.8 Å². The third kappa shape index (κ3) is 3.36. The lowest BCUT2D eigenvalue weighted by Crippen LogP contribution is -1.92. The number of benzene rings is 4. The van der Waals surface area contributed by atoms with Crippen molar-refractivity contribution in [2.24, 2.45) is 0 Å². The van der Waals surface area contributed by atoms with Gasteiger partial charge in [0, 0.05) is 20.5 Å². The van der Waals surface area contributed by atoms with Gasteiger partial charge < -0.3 is 0 Å². The van der Waals surface area contributed by atoms with Gasteiger partial charge in [0.25, 0.3) is 0 Å². The van der Waals surface area contributed by atoms with Crippen LogP contribution in [0.1, 0.15) is 5.56 Å². The molecule has 0 unspecified atom stereocenters. The van der Waals surface area contributed by atoms with E-state index in [1.54, 1.807) is 36.0 Å². The van der Waals surface area contributed by atoms with Gasteiger partial charge in [-0.05, 0) is 77.0 Å². The quantitative estimate of drug-likeness (QED) is 0.280. The van der Waals surface area contributed by atoms with Gasteiger partial charge in [-0.2, -0.15) is 0 Å². The Kier molecular flexibility index (Phi) is 5.26. The molecule has 0 spiro atoms. The number of rotatable bonds is 3. The summed E-state index contributed by atoms with van der Waals surface area (Å²) in [6.45, 7) is 2.00. The second-order valence-corrected chi connectivity index (χ2v) is 8.38. The van der Waals surface area contributed by atoms with Gasteiger partial charge in [-0.1, -0.05) is 46.3 Å². The lowest BCUT2D eigenvalue weighted by Gasteiger charge is -2.15. The Morgan fingerprint density at radius 1 is 0.750 bits per heavy atom. The van der Waals surface area contributed by atoms with Gasteiger partial charge in [0.2, 0.25) is 0 Å². The van der Waals surface area contributed by atoms with E-state index in [1.165, 1.54) is 12.1 Å². The van der Waals surface area contributed by atoms with Crippen molar-refractivity contribution in [3.05, 3.63) is 88.4 Å². The van der Waals surface area contributed by atoms with E-state index in [1.807, 2.05) is 37.4 Å². The fraction of sp³-hybridized carbons (Fsp3) is 0.0833. The monoisotopic (exact) mass is 454 g/mol. The van der Waals surface area contributed by atoms with Crippen LogP contribution in [0, 0.1) is 18.6 Å². The first-order valence-corrected chi connectivity index (χ1v) is 10.8. The molecule has 4 heteroatoms. The lowest BCUT2D eigenvalue weighted by atomic mass is 9.93. The van der Waals surface area contributed by atoms with Crippen molar-refractivity contribution in [1.82, 2.24) is 0 Å². The highest BCUT2D eigenvalue weighted by molar-refractivity contribution is 9.10. The Balaban J connectivity index is 1.96. The van der Waals surface area contributed by atoms with Crippen molar-refractivity contribution in [1.29, 1.82) is 0 Å². The van der Waals surface area contributed by atoms with Gasteiger partial charge in [0.05, 0.1) is 0 Å². The topological polar surface area (TPSA) is 0 Å². The van der Waals surface area contributed by atoms with Crippen LogP contribution in [0.5, 0.6) is 0 Å². The highest BCUT2D eigenvalue weighted by Crippen LogP contribution is 2.39. The van der Waals surface area contributed by atoms with E-state index in [9.17, 15) is 8.78 Å². The molecule has 0 aromatic heterocycles. The Morgan fingerprint density at radius 3 is 2.25 bits per heavy atom. The summed E-state index contributed by atoms with van der Waals surface area (Å²) in [5, 5.41) is 2.05. The average molecular weight is 455 g/mol. The summed E-state index contributed by atoms with van der Waals surface area (Å²) in [6.07, 6.45) is 1.98. The second kappa shape index (κ2) is 7.69. The molecule has 0 aliphatic heterocycles. The summed E-state index contributed by atoms with van der Waals surface area (Å²) in [6, 6.07) is 19.8. The fourth-order valence-electron chi connectivity index (χ4n) is 3.56. The Hall–Kier alpha value is -2.17. The Labute approximate surface area is 175 Å². The summed E-state index contributed by atoms with van der Waals surface area (Å²) >= 11 is 5.01. The van der Waals surface area contributed by atoms with Crippen molar-refractivity contribution in [2.75, 3.05) is 6.26 Å². The molecule has 28 heavy (non-hydrogen) atoms. The molecule has 0 amide bonds. The van der Waals surface area contributed by atoms with Crippen LogP contribution in [0.2, 0.25) is 0 Å². The molecule has 4 aromatic carbocycles. The summed E-state index contributed by atoms with van der Waals surface area (Å²) in [5.41, 5.74) is 3.90. The zero-order chi connectivity index (χ0) is 19.8. The maximum absolute atomic E-state index is 14.4. The molecule has 0 heterocycles. The van der Waals surface area contributed by atoms with Gasteiger partial charge in [-0.3, -0.25) is 0 Å². The van der Waals surface area contributed by atoms with E-state index in [-0.39, 0.29) is 11.6 Å². The molecule has 0 nitrogen and oxygen atoms in total. The van der Waals surface area contributed by atoms with Gasteiger partial charge in [0.15, 0.2) is 0 Å². The highest BCUT2D eigenvalue weighted by Gasteiger charge is 2.15. The summed E-state index contributed by atoms with van der Waals surface area (Å²) in [4.78, 5) is 0.993. The first-order valence-electron chi connectivity index (χ1n) is 8.81. The van der Waals surface area contributed by atoms with Crippen LogP contribution >= 0.6 is 27.7 Å². The van der Waals surface area contributed by atoms with Crippen molar-refractivity contribution in [3.8, 4) is 22.3 Å². The number of hydrogen-bond donors (Lipinski definition) is 0. The maximum Gasteiger partial charge on any atom is 0.131 e. The predicted molar refractivity (Wildman–Crippen MR) is 119 cm³/mol. The van der Waals surface area contributed by atoms with Crippen molar-refractivity contribution in [2.45, 2.75) is 11.8 Å². The van der Waals surface area contributed by atoms with Gasteiger partial charge >= 0.3 is 0 Å². The highest BCUT2D eigenvalue weighted by atomic mass is 79.9. The Bertz CT molecular complexity index is 1200. The molecule has 0 bridgehead atoms. The molecule has 0 saturated heterocycles. The number of fused-ring (bicyclic) bond motifs is 1. The molecular formula is C24H17BrF2S. The summed E-state index contributed by atoms with van der Waals surface area (Å²) in [5.74, 6) is -0.486. The van der Waals surface area contributed by atoms with Crippen LogP contribution in [-0.2, 0) is 0 Å². The molecule has 4 aromatic rings. The summed E-state index contributed by atoms with van der Waals surface area (Å²) in [7, 11) is 0. The minimum atomic E-state index is -0.251. The molecule has 0 aliphatic carbocycles. The maximum atomic E-state index is 14.4. The molecule has 0 N–H and O–H groups in total. The molecule has 0 fully saturated rings. The molecule has 4 rings (SSSR count). The zero-order valence-corrected chi connectivity index (χ0v) is 17.8. The number of thioether (sulfide) groups is 1. The summed E-state index contributed by atoms with van der Waals surface area (Å²) < 4.78 is 29.7. The number of hydrogen-bond acceptors (Lipinski definition) is 1. The number of halogens is 3. The smallest absolute Gasteiger partial charge is 0.131 e. The van der Waals surface area contributed by atoms with Crippen LogP contribution < -0.4 is 0 Å². The van der Waals surface area contributed by atoms with E-state index < -0.39 is 0 Å². The second-order valence-electron chi connectivity index (χ2n) is 6.62. The molecule has 0 aliphatic rings. The molecule has 0 radical (unpaired) electrons. The van der Waals surface area contributed by atoms with E-state index in [2.05, 4.69) is 22.0 Å². The first-order chi connectivity index (χ1) is 13.5. The van der Waals surface area contributed by atoms with E-state index in [4.69, 9.17) is 0 Å². The largest absolute Gasteiger partial charge is 0.206 e. The SMILES string of the molecule is CSc1cc2c(C)c(-c3cc(Br)ccc3F)ccc2cc1-c1ccccc1F. The molecule has 0 atom stereocenters. The Morgan fingerprint density at radius 2 is 1.50 bits per heavy atom. The van der Waals surface area contributed by atoms with Crippen LogP contribution in [0.15, 0.2) is 76.1 Å². The average Bonchev–Trinajstić information content (AvgIpc) is 2.70. The molecule has 140 valence electrons. The van der Waals surface area contributed by atoms with Crippen molar-refractivity contribution < 1.29 is 8.78 Å². The first kappa shape index (κ1) is 19.2. The van der Waals surface area contributed by atoms with E-state index in [0.29, 0.717) is 11.1 Å². The third-order valence-corrected chi connectivity index (χ3v) is 6.26. The van der Waals surface area contributed by atoms with Crippen LogP contribution in [0.25, 0.3) is 33.0 Å². The van der Waals surface area contributed by atoms with E-state index in [0.717, 1.165) is 36.8 Å². The predicted octanol–water partition coefficient (Wildman–Crippen LogP) is 8.24. The minimum absolute atomic E-state index is 0.235. The van der Waals surface area contributed by atoms with E-state index >= 15 is 0 Å². The van der Waals surface area contributed by atoms with Crippen LogP contribution in [-0.4, -0.2) is 6.26 Å². The van der Waals surface area contributed by atoms with Gasteiger partial charge in [0.1, 0.15) is 11.6 Å². The van der Waals surface area contributed by atoms with Crippen LogP contribution in [0.3, 0.4) is 0 Å². The fourth-order valence-corrected chi connectivity index (χ4v) is 4.54. The molecule has 0 saturated carbocycles. The minimum Gasteiger partial charge on any atom is -0.206 e. The normalized spacial score (nSPS) is 11.2. The van der Waals surface area contributed by atoms with Crippen LogP contribution in [0.4, 0.5) is 8.78 Å². The molecular weight excluding hydrogens is 438 g/mol. The van der Waals surface area contributed by atoms with Crippen molar-refractivity contribution in [3.63, 3.8) is 0 Å². The van der Waals surface area contributed by atoms with Gasteiger partial charge in [-0.25, -0.2) is 8.78 Å². The third-order valence-electron chi connectivity index (χ3n) is 4.99. The zero-order valence-electron chi connectivity index (χ0n) is 15.4. The lowest BCUT2D eigenvalue weighted by molar-refractivity contribution is 0.630. The number of aryl methyl sites for hydroxylation is 1. The van der Waals surface area contributed by atoms with Crippen molar-refractivity contribution >= 4 is 38.5 Å². The standard InChI is InChI=1S/C24H17BrF2S/c1-14-17(20-12-16(25)8-10-23(20)27)9-7-15-11-21(24(28-2)13-19(14)15)18-5-3-4-6-22(18)26/h3-13H,1-2H3.